The Hall–Kier alpha value is -1.39. The summed E-state index contributed by atoms with van der Waals surface area (Å²) in [7, 11) is 0. The molecule has 1 aromatic rings. The van der Waals surface area contributed by atoms with E-state index in [-0.39, 0.29) is 5.91 Å². The Labute approximate surface area is 107 Å². The molecule has 3 rings (SSSR count). The van der Waals surface area contributed by atoms with Gasteiger partial charge in [-0.05, 0) is 25.7 Å². The van der Waals surface area contributed by atoms with Crippen molar-refractivity contribution >= 4 is 5.91 Å². The highest BCUT2D eigenvalue weighted by atomic mass is 16.2. The second kappa shape index (κ2) is 5.08. The lowest BCUT2D eigenvalue weighted by Gasteiger charge is -2.14. The maximum absolute atomic E-state index is 12.0. The van der Waals surface area contributed by atoms with E-state index in [1.54, 1.807) is 0 Å². The summed E-state index contributed by atoms with van der Waals surface area (Å²) in [5.74, 6) is 1.57. The minimum atomic E-state index is -0.120. The van der Waals surface area contributed by atoms with Crippen LogP contribution in [-0.2, 0) is 0 Å². The smallest absolute Gasteiger partial charge is 0.291 e. The van der Waals surface area contributed by atoms with Crippen molar-refractivity contribution in [1.82, 2.24) is 20.5 Å². The Morgan fingerprint density at radius 2 is 1.83 bits per heavy atom. The van der Waals surface area contributed by atoms with E-state index < -0.39 is 0 Å². The summed E-state index contributed by atoms with van der Waals surface area (Å²) in [5.41, 5.74) is 0. The van der Waals surface area contributed by atoms with Crippen LogP contribution in [0.5, 0.6) is 0 Å². The van der Waals surface area contributed by atoms with E-state index in [1.165, 1.54) is 38.5 Å². The minimum Gasteiger partial charge on any atom is -0.347 e. The highest BCUT2D eigenvalue weighted by Crippen LogP contribution is 2.37. The van der Waals surface area contributed by atoms with E-state index in [4.69, 9.17) is 0 Å². The molecule has 0 saturated heterocycles. The third-order valence-electron chi connectivity index (χ3n) is 3.86. The maximum atomic E-state index is 12.0. The third kappa shape index (κ3) is 2.71. The van der Waals surface area contributed by atoms with Crippen LogP contribution >= 0.6 is 0 Å². The first-order valence-corrected chi connectivity index (χ1v) is 7.06. The lowest BCUT2D eigenvalue weighted by molar-refractivity contribution is 0.0923. The molecule has 1 heterocycles. The zero-order valence-corrected chi connectivity index (χ0v) is 10.6. The number of hydrogen-bond donors (Lipinski definition) is 2. The van der Waals surface area contributed by atoms with Crippen molar-refractivity contribution in [1.29, 1.82) is 0 Å². The van der Waals surface area contributed by atoms with Gasteiger partial charge in [0.25, 0.3) is 5.91 Å². The molecule has 98 valence electrons. The number of aromatic amines is 1. The molecule has 0 bridgehead atoms. The van der Waals surface area contributed by atoms with Crippen LogP contribution in [0.2, 0.25) is 0 Å². The first-order chi connectivity index (χ1) is 8.83. The van der Waals surface area contributed by atoms with Gasteiger partial charge in [-0.3, -0.25) is 9.89 Å². The SMILES string of the molecule is O=C(NC1CCCCCC1)c1n[nH]c(C2CC2)n1. The molecule has 5 nitrogen and oxygen atoms in total. The van der Waals surface area contributed by atoms with Gasteiger partial charge < -0.3 is 5.32 Å². The highest BCUT2D eigenvalue weighted by Gasteiger charge is 2.28. The lowest BCUT2D eigenvalue weighted by atomic mass is 10.1. The number of nitrogens with zero attached hydrogens (tertiary/aromatic N) is 2. The second-order valence-corrected chi connectivity index (χ2v) is 5.48. The van der Waals surface area contributed by atoms with Gasteiger partial charge in [0.1, 0.15) is 5.82 Å². The molecular weight excluding hydrogens is 228 g/mol. The Kier molecular flexibility index (Phi) is 3.30. The van der Waals surface area contributed by atoms with E-state index in [2.05, 4.69) is 20.5 Å². The van der Waals surface area contributed by atoms with Gasteiger partial charge in [0.2, 0.25) is 5.82 Å². The van der Waals surface area contributed by atoms with E-state index >= 15 is 0 Å². The number of hydrogen-bond acceptors (Lipinski definition) is 3. The molecule has 0 atom stereocenters. The molecule has 2 fully saturated rings. The molecular formula is C13H20N4O. The Balaban J connectivity index is 1.58. The Morgan fingerprint density at radius 3 is 2.50 bits per heavy atom. The molecule has 2 aliphatic rings. The molecule has 0 aliphatic heterocycles. The number of aromatic nitrogens is 3. The van der Waals surface area contributed by atoms with Crippen LogP contribution in [-0.4, -0.2) is 27.1 Å². The quantitative estimate of drug-likeness (QED) is 0.805. The van der Waals surface area contributed by atoms with Crippen LogP contribution in [0.25, 0.3) is 0 Å². The van der Waals surface area contributed by atoms with Crippen molar-refractivity contribution in [2.75, 3.05) is 0 Å². The van der Waals surface area contributed by atoms with E-state index in [0.717, 1.165) is 18.7 Å². The van der Waals surface area contributed by atoms with Gasteiger partial charge in [-0.15, -0.1) is 5.10 Å². The number of amides is 1. The molecule has 0 radical (unpaired) electrons. The Bertz CT molecular complexity index is 416. The fourth-order valence-electron chi connectivity index (χ4n) is 2.59. The molecule has 0 aromatic carbocycles. The van der Waals surface area contributed by atoms with E-state index in [0.29, 0.717) is 17.8 Å². The number of carbonyl (C=O) groups is 1. The van der Waals surface area contributed by atoms with Crippen LogP contribution in [0.4, 0.5) is 0 Å². The zero-order chi connectivity index (χ0) is 12.4. The average molecular weight is 248 g/mol. The summed E-state index contributed by atoms with van der Waals surface area (Å²) < 4.78 is 0. The van der Waals surface area contributed by atoms with Crippen LogP contribution in [0.3, 0.4) is 0 Å². The fraction of sp³-hybridized carbons (Fsp3) is 0.769. The lowest BCUT2D eigenvalue weighted by Crippen LogP contribution is -2.35. The van der Waals surface area contributed by atoms with Crippen molar-refractivity contribution in [2.45, 2.75) is 63.3 Å². The predicted octanol–water partition coefficient (Wildman–Crippen LogP) is 2.13. The molecule has 2 N–H and O–H groups in total. The van der Waals surface area contributed by atoms with Crippen LogP contribution in [0.1, 0.15) is 73.7 Å². The molecule has 0 unspecified atom stereocenters. The first kappa shape index (κ1) is 11.7. The van der Waals surface area contributed by atoms with Gasteiger partial charge in [0.15, 0.2) is 0 Å². The van der Waals surface area contributed by atoms with E-state index in [9.17, 15) is 4.79 Å². The molecule has 1 amide bonds. The third-order valence-corrected chi connectivity index (χ3v) is 3.86. The summed E-state index contributed by atoms with van der Waals surface area (Å²) >= 11 is 0. The molecule has 2 aliphatic carbocycles. The topological polar surface area (TPSA) is 70.7 Å². The van der Waals surface area contributed by atoms with Crippen molar-refractivity contribution in [3.05, 3.63) is 11.6 Å². The molecule has 1 aromatic heterocycles. The first-order valence-electron chi connectivity index (χ1n) is 7.06. The summed E-state index contributed by atoms with van der Waals surface area (Å²) in [6.45, 7) is 0. The normalized spacial score (nSPS) is 21.6. The van der Waals surface area contributed by atoms with Crippen molar-refractivity contribution in [3.8, 4) is 0 Å². The number of H-pyrrole nitrogens is 1. The number of rotatable bonds is 3. The fourth-order valence-corrected chi connectivity index (χ4v) is 2.59. The van der Waals surface area contributed by atoms with Crippen LogP contribution < -0.4 is 5.32 Å². The minimum absolute atomic E-state index is 0.120. The van der Waals surface area contributed by atoms with Gasteiger partial charge >= 0.3 is 0 Å². The van der Waals surface area contributed by atoms with Gasteiger partial charge in [0.05, 0.1) is 0 Å². The maximum Gasteiger partial charge on any atom is 0.291 e. The molecule has 0 spiro atoms. The summed E-state index contributed by atoms with van der Waals surface area (Å²) in [6, 6.07) is 0.308. The van der Waals surface area contributed by atoms with Crippen LogP contribution in [0.15, 0.2) is 0 Å². The number of carbonyl (C=O) groups excluding carboxylic acids is 1. The average Bonchev–Trinajstić information content (AvgIpc) is 3.15. The second-order valence-electron chi connectivity index (χ2n) is 5.48. The Morgan fingerprint density at radius 1 is 1.11 bits per heavy atom. The molecule has 2 saturated carbocycles. The monoisotopic (exact) mass is 248 g/mol. The summed E-state index contributed by atoms with van der Waals surface area (Å²) in [5, 5.41) is 9.96. The summed E-state index contributed by atoms with van der Waals surface area (Å²) in [4.78, 5) is 16.3. The van der Waals surface area contributed by atoms with Gasteiger partial charge in [-0.2, -0.15) is 0 Å². The van der Waals surface area contributed by atoms with E-state index in [1.807, 2.05) is 0 Å². The predicted molar refractivity (Wildman–Crippen MR) is 67.3 cm³/mol. The molecule has 5 heteroatoms. The van der Waals surface area contributed by atoms with Crippen molar-refractivity contribution < 1.29 is 4.79 Å². The highest BCUT2D eigenvalue weighted by molar-refractivity contribution is 5.90. The summed E-state index contributed by atoms with van der Waals surface area (Å²) in [6.07, 6.45) is 9.52. The van der Waals surface area contributed by atoms with Gasteiger partial charge in [0, 0.05) is 12.0 Å². The van der Waals surface area contributed by atoms with Crippen molar-refractivity contribution in [2.24, 2.45) is 0 Å². The van der Waals surface area contributed by atoms with Gasteiger partial charge in [-0.1, -0.05) is 25.7 Å². The van der Waals surface area contributed by atoms with Gasteiger partial charge in [-0.25, -0.2) is 4.98 Å². The zero-order valence-electron chi connectivity index (χ0n) is 10.6. The molecule has 18 heavy (non-hydrogen) atoms. The standard InChI is InChI=1S/C13H20N4O/c18-13(14-10-5-3-1-2-4-6-10)12-15-11(16-17-12)9-7-8-9/h9-10H,1-8H2,(H,14,18)(H,15,16,17). The number of nitrogens with one attached hydrogen (secondary N) is 2. The van der Waals surface area contributed by atoms with Crippen LogP contribution in [0, 0.1) is 0 Å². The van der Waals surface area contributed by atoms with Crippen molar-refractivity contribution in [3.63, 3.8) is 0 Å². The largest absolute Gasteiger partial charge is 0.347 e.